The molecule has 0 bridgehead atoms. The largest absolute Gasteiger partial charge is 0.289 e. The van der Waals surface area contributed by atoms with Crippen molar-refractivity contribution in [3.8, 4) is 0 Å². The van der Waals surface area contributed by atoms with E-state index in [1.807, 2.05) is 10.6 Å². The Morgan fingerprint density at radius 2 is 0.812 bits per heavy atom. The first-order valence-corrected chi connectivity index (χ1v) is 4.14. The van der Waals surface area contributed by atoms with E-state index in [4.69, 9.17) is 0 Å². The molecular weight excluding hydrogens is 212 g/mol. The number of hydrogen-bond acceptors (Lipinski definition) is 4. The number of rotatable bonds is 0. The Kier molecular flexibility index (Phi) is 5.81. The summed E-state index contributed by atoms with van der Waals surface area (Å²) in [5, 5.41) is 4.06. The minimum atomic E-state index is -0.329. The first-order chi connectivity index (χ1) is 7.58. The van der Waals surface area contributed by atoms with Crippen LogP contribution in [-0.4, -0.2) is 23.6 Å². The average Bonchev–Trinajstić information content (AvgIpc) is 2.80. The van der Waals surface area contributed by atoms with Crippen molar-refractivity contribution in [2.24, 2.45) is 0 Å². The van der Waals surface area contributed by atoms with E-state index >= 15 is 0 Å². The second-order valence-corrected chi connectivity index (χ2v) is 2.37. The van der Waals surface area contributed by atoms with Crippen LogP contribution in [-0.2, 0) is 19.2 Å². The van der Waals surface area contributed by atoms with Crippen molar-refractivity contribution in [2.75, 3.05) is 0 Å². The van der Waals surface area contributed by atoms with Crippen LogP contribution in [0.3, 0.4) is 0 Å². The van der Waals surface area contributed by atoms with E-state index in [0.717, 1.165) is 0 Å². The number of amides is 4. The molecule has 0 aromatic heterocycles. The lowest BCUT2D eigenvalue weighted by Crippen LogP contribution is -2.19. The van der Waals surface area contributed by atoms with Gasteiger partial charge in [-0.15, -0.1) is 13.2 Å². The first-order valence-electron chi connectivity index (χ1n) is 4.14. The lowest BCUT2D eigenvalue weighted by atomic mass is 10.6. The van der Waals surface area contributed by atoms with Crippen LogP contribution < -0.4 is 10.6 Å². The average molecular weight is 222 g/mol. The van der Waals surface area contributed by atoms with Crippen LogP contribution in [0.15, 0.2) is 37.5 Å². The molecular formula is C10H10N2O4. The predicted molar refractivity (Wildman–Crippen MR) is 55.8 cm³/mol. The molecule has 0 atom stereocenters. The van der Waals surface area contributed by atoms with Crippen molar-refractivity contribution in [1.82, 2.24) is 10.6 Å². The van der Waals surface area contributed by atoms with E-state index in [9.17, 15) is 19.2 Å². The number of hydrogen-bond donors (Lipinski definition) is 2. The van der Waals surface area contributed by atoms with Crippen molar-refractivity contribution < 1.29 is 19.2 Å². The Balaban J connectivity index is 0.000000244. The molecule has 16 heavy (non-hydrogen) atoms. The van der Waals surface area contributed by atoms with Crippen molar-refractivity contribution in [3.05, 3.63) is 37.5 Å². The summed E-state index contributed by atoms with van der Waals surface area (Å²) in [5.41, 5.74) is 0. The van der Waals surface area contributed by atoms with E-state index in [-0.39, 0.29) is 23.6 Å². The highest BCUT2D eigenvalue weighted by Gasteiger charge is 2.07. The molecule has 0 saturated heterocycles. The number of nitrogens with one attached hydrogen (secondary N) is 2. The van der Waals surface area contributed by atoms with Crippen LogP contribution in [0.2, 0.25) is 0 Å². The summed E-state index contributed by atoms with van der Waals surface area (Å²) in [6, 6.07) is 0. The molecule has 0 aromatic carbocycles. The fraction of sp³-hybridized carbons (Fsp3) is 0. The molecule has 2 aliphatic heterocycles. The van der Waals surface area contributed by atoms with Gasteiger partial charge < -0.3 is 0 Å². The minimum Gasteiger partial charge on any atom is -0.289 e. The molecule has 84 valence electrons. The number of carbonyl (C=O) groups excluding carboxylic acids is 4. The normalized spacial score (nSPS) is 15.8. The smallest absolute Gasteiger partial charge is 0.250 e. The molecule has 2 N–H and O–H groups in total. The minimum absolute atomic E-state index is 0.329. The van der Waals surface area contributed by atoms with Crippen molar-refractivity contribution in [3.63, 3.8) is 0 Å². The van der Waals surface area contributed by atoms with Gasteiger partial charge in [-0.25, -0.2) is 0 Å². The second kappa shape index (κ2) is 6.88. The summed E-state index contributed by atoms with van der Waals surface area (Å²) >= 11 is 0. The highest BCUT2D eigenvalue weighted by molar-refractivity contribution is 6.13. The van der Waals surface area contributed by atoms with Crippen molar-refractivity contribution in [2.45, 2.75) is 0 Å². The Hall–Kier alpha value is -2.50. The molecule has 6 heteroatoms. The standard InChI is InChI=1S/2C4H3NO2.C2H4/c2*6-3-1-2-4(7)5-3;1-2/h2*1-2H,(H,5,6,7);1-2H2. The summed E-state index contributed by atoms with van der Waals surface area (Å²) < 4.78 is 0. The highest BCUT2D eigenvalue weighted by atomic mass is 16.2. The maximum atomic E-state index is 10.0. The third-order valence-electron chi connectivity index (χ3n) is 1.26. The summed E-state index contributed by atoms with van der Waals surface area (Å²) in [5.74, 6) is -1.31. The molecule has 2 heterocycles. The molecule has 0 saturated carbocycles. The number of carbonyl (C=O) groups is 4. The van der Waals surface area contributed by atoms with Gasteiger partial charge in [0.25, 0.3) is 23.6 Å². The van der Waals surface area contributed by atoms with Gasteiger partial charge in [0.2, 0.25) is 0 Å². The lowest BCUT2D eigenvalue weighted by Gasteiger charge is -1.80. The van der Waals surface area contributed by atoms with Gasteiger partial charge in [-0.2, -0.15) is 0 Å². The third-order valence-corrected chi connectivity index (χ3v) is 1.26. The molecule has 6 nitrogen and oxygen atoms in total. The Morgan fingerprint density at radius 1 is 0.625 bits per heavy atom. The van der Waals surface area contributed by atoms with Gasteiger partial charge in [-0.3, -0.25) is 29.8 Å². The van der Waals surface area contributed by atoms with Gasteiger partial charge in [-0.1, -0.05) is 0 Å². The van der Waals surface area contributed by atoms with Crippen LogP contribution in [0, 0.1) is 0 Å². The molecule has 0 aliphatic carbocycles. The fourth-order valence-corrected chi connectivity index (χ4v) is 0.712. The maximum Gasteiger partial charge on any atom is 0.250 e. The summed E-state index contributed by atoms with van der Waals surface area (Å²) in [7, 11) is 0. The molecule has 0 radical (unpaired) electrons. The van der Waals surface area contributed by atoms with Crippen LogP contribution >= 0.6 is 0 Å². The van der Waals surface area contributed by atoms with Gasteiger partial charge >= 0.3 is 0 Å². The topological polar surface area (TPSA) is 92.3 Å². The molecule has 2 rings (SSSR count). The van der Waals surface area contributed by atoms with Crippen molar-refractivity contribution in [1.29, 1.82) is 0 Å². The SMILES string of the molecule is C=C.O=C1C=CC(=O)N1.O=C1C=CC(=O)N1. The molecule has 0 spiro atoms. The maximum absolute atomic E-state index is 10.0. The van der Waals surface area contributed by atoms with E-state index in [1.54, 1.807) is 0 Å². The zero-order valence-electron chi connectivity index (χ0n) is 8.36. The zero-order chi connectivity index (χ0) is 12.6. The molecule has 0 aromatic rings. The Labute approximate surface area is 91.7 Å². The van der Waals surface area contributed by atoms with Gasteiger partial charge in [-0.05, 0) is 0 Å². The summed E-state index contributed by atoms with van der Waals surface area (Å²) in [6.45, 7) is 6.00. The van der Waals surface area contributed by atoms with E-state index in [1.165, 1.54) is 24.3 Å². The molecule has 0 unspecified atom stereocenters. The zero-order valence-corrected chi connectivity index (χ0v) is 8.36. The summed E-state index contributed by atoms with van der Waals surface area (Å²) in [6.07, 6.45) is 4.79. The monoisotopic (exact) mass is 222 g/mol. The highest BCUT2D eigenvalue weighted by Crippen LogP contribution is 1.83. The van der Waals surface area contributed by atoms with Gasteiger partial charge in [0.1, 0.15) is 0 Å². The quantitative estimate of drug-likeness (QED) is 0.414. The van der Waals surface area contributed by atoms with E-state index in [0.29, 0.717) is 0 Å². The van der Waals surface area contributed by atoms with Crippen LogP contribution in [0.25, 0.3) is 0 Å². The van der Waals surface area contributed by atoms with Crippen LogP contribution in [0.5, 0.6) is 0 Å². The predicted octanol–water partition coefficient (Wildman–Crippen LogP) is -0.800. The summed E-state index contributed by atoms with van der Waals surface area (Å²) in [4.78, 5) is 40.1. The molecule has 2 aliphatic rings. The Morgan fingerprint density at radius 3 is 0.875 bits per heavy atom. The van der Waals surface area contributed by atoms with Gasteiger partial charge in [0.15, 0.2) is 0 Å². The second-order valence-electron chi connectivity index (χ2n) is 2.37. The Bertz CT molecular complexity index is 314. The lowest BCUT2D eigenvalue weighted by molar-refractivity contribution is -0.125. The number of imide groups is 2. The van der Waals surface area contributed by atoms with Gasteiger partial charge in [0.05, 0.1) is 0 Å². The van der Waals surface area contributed by atoms with Crippen LogP contribution in [0.1, 0.15) is 0 Å². The third kappa shape index (κ3) is 5.28. The molecule has 0 fully saturated rings. The van der Waals surface area contributed by atoms with E-state index in [2.05, 4.69) is 13.2 Å². The van der Waals surface area contributed by atoms with E-state index < -0.39 is 0 Å². The van der Waals surface area contributed by atoms with Crippen molar-refractivity contribution >= 4 is 23.6 Å². The molecule has 4 amide bonds. The van der Waals surface area contributed by atoms with Crippen LogP contribution in [0.4, 0.5) is 0 Å². The fourth-order valence-electron chi connectivity index (χ4n) is 0.712. The van der Waals surface area contributed by atoms with Gasteiger partial charge in [0, 0.05) is 24.3 Å². The first kappa shape index (κ1) is 13.5.